The molecule has 1 amide bonds. The Morgan fingerprint density at radius 2 is 2.11 bits per heavy atom. The molecule has 0 atom stereocenters. The van der Waals surface area contributed by atoms with E-state index in [1.54, 1.807) is 25.1 Å². The molecule has 1 rings (SSSR count). The van der Waals surface area contributed by atoms with Gasteiger partial charge in [-0.15, -0.1) is 6.58 Å². The summed E-state index contributed by atoms with van der Waals surface area (Å²) >= 11 is 0. The largest absolute Gasteiger partial charge is 0.497 e. The van der Waals surface area contributed by atoms with Crippen molar-refractivity contribution in [1.29, 1.82) is 0 Å². The molecule has 0 unspecified atom stereocenters. The number of methoxy groups -OCH3 is 1. The summed E-state index contributed by atoms with van der Waals surface area (Å²) in [5, 5.41) is 2.86. The van der Waals surface area contributed by atoms with E-state index >= 15 is 0 Å². The predicted molar refractivity (Wildman–Crippen MR) is 72.5 cm³/mol. The normalized spacial score (nSPS) is 9.89. The molecule has 0 aromatic heterocycles. The molecule has 0 radical (unpaired) electrons. The zero-order chi connectivity index (χ0) is 13.4. The van der Waals surface area contributed by atoms with Crippen molar-refractivity contribution in [1.82, 2.24) is 10.2 Å². The average molecular weight is 248 g/mol. The lowest BCUT2D eigenvalue weighted by molar-refractivity contribution is -0.130. The van der Waals surface area contributed by atoms with Gasteiger partial charge in [0.1, 0.15) is 5.75 Å². The van der Waals surface area contributed by atoms with Gasteiger partial charge < -0.3 is 15.0 Å². The Labute approximate surface area is 108 Å². The molecule has 4 nitrogen and oxygen atoms in total. The van der Waals surface area contributed by atoms with Crippen LogP contribution in [0.5, 0.6) is 5.75 Å². The molecule has 0 aliphatic rings. The third-order valence-electron chi connectivity index (χ3n) is 2.56. The molecule has 1 aromatic carbocycles. The number of likely N-dealkylation sites (N-methyl/N-ethyl adjacent to an activating group) is 1. The van der Waals surface area contributed by atoms with Gasteiger partial charge in [-0.2, -0.15) is 0 Å². The SMILES string of the molecule is C=CCN(Cc1ccc(OC)cc1)C(=O)CNC. The Bertz CT molecular complexity index is 387. The minimum Gasteiger partial charge on any atom is -0.497 e. The highest BCUT2D eigenvalue weighted by Crippen LogP contribution is 2.13. The number of carbonyl (C=O) groups excluding carboxylic acids is 1. The number of nitrogens with one attached hydrogen (secondary N) is 1. The van der Waals surface area contributed by atoms with Crippen LogP contribution < -0.4 is 10.1 Å². The molecule has 0 aliphatic heterocycles. The summed E-state index contributed by atoms with van der Waals surface area (Å²) in [7, 11) is 3.40. The van der Waals surface area contributed by atoms with Gasteiger partial charge in [-0.05, 0) is 24.7 Å². The maximum Gasteiger partial charge on any atom is 0.237 e. The standard InChI is InChI=1S/C14H20N2O2/c1-4-9-16(14(17)10-15-2)11-12-5-7-13(18-3)8-6-12/h4-8,15H,1,9-11H2,2-3H3. The smallest absolute Gasteiger partial charge is 0.237 e. The van der Waals surface area contributed by atoms with Crippen LogP contribution in [0.2, 0.25) is 0 Å². The highest BCUT2D eigenvalue weighted by Gasteiger charge is 2.11. The van der Waals surface area contributed by atoms with Crippen molar-refractivity contribution in [2.24, 2.45) is 0 Å². The third kappa shape index (κ3) is 4.22. The molecule has 0 bridgehead atoms. The number of hydrogen-bond acceptors (Lipinski definition) is 3. The van der Waals surface area contributed by atoms with Crippen molar-refractivity contribution in [2.45, 2.75) is 6.54 Å². The lowest BCUT2D eigenvalue weighted by Crippen LogP contribution is -2.36. The second-order valence-electron chi connectivity index (χ2n) is 3.94. The van der Waals surface area contributed by atoms with E-state index in [0.717, 1.165) is 11.3 Å². The van der Waals surface area contributed by atoms with Gasteiger partial charge in [0.2, 0.25) is 5.91 Å². The first kappa shape index (κ1) is 14.3. The molecule has 98 valence electrons. The Morgan fingerprint density at radius 3 is 2.61 bits per heavy atom. The Balaban J connectivity index is 2.69. The fraction of sp³-hybridized carbons (Fsp3) is 0.357. The maximum absolute atomic E-state index is 11.9. The molecule has 0 saturated heterocycles. The van der Waals surface area contributed by atoms with Gasteiger partial charge in [0.15, 0.2) is 0 Å². The molecule has 0 fully saturated rings. The van der Waals surface area contributed by atoms with Gasteiger partial charge in [-0.25, -0.2) is 0 Å². The van der Waals surface area contributed by atoms with E-state index in [1.165, 1.54) is 0 Å². The fourth-order valence-electron chi connectivity index (χ4n) is 1.62. The van der Waals surface area contributed by atoms with Gasteiger partial charge in [-0.1, -0.05) is 18.2 Å². The van der Waals surface area contributed by atoms with E-state index in [4.69, 9.17) is 4.74 Å². The highest BCUT2D eigenvalue weighted by molar-refractivity contribution is 5.78. The van der Waals surface area contributed by atoms with Crippen molar-refractivity contribution >= 4 is 5.91 Å². The number of carbonyl (C=O) groups is 1. The van der Waals surface area contributed by atoms with E-state index in [2.05, 4.69) is 11.9 Å². The minimum atomic E-state index is 0.0632. The number of ether oxygens (including phenoxy) is 1. The van der Waals surface area contributed by atoms with Crippen LogP contribution in [0.15, 0.2) is 36.9 Å². The van der Waals surface area contributed by atoms with E-state index in [1.807, 2.05) is 24.3 Å². The number of amides is 1. The van der Waals surface area contributed by atoms with Gasteiger partial charge in [0, 0.05) is 13.1 Å². The monoisotopic (exact) mass is 248 g/mol. The lowest BCUT2D eigenvalue weighted by Gasteiger charge is -2.21. The van der Waals surface area contributed by atoms with E-state index in [9.17, 15) is 4.79 Å². The Kier molecular flexibility index (Phi) is 5.94. The number of hydrogen-bond donors (Lipinski definition) is 1. The van der Waals surface area contributed by atoms with Crippen molar-refractivity contribution in [3.63, 3.8) is 0 Å². The zero-order valence-electron chi connectivity index (χ0n) is 11.0. The lowest BCUT2D eigenvalue weighted by atomic mass is 10.2. The van der Waals surface area contributed by atoms with E-state index in [-0.39, 0.29) is 5.91 Å². The Hall–Kier alpha value is -1.81. The topological polar surface area (TPSA) is 41.6 Å². The van der Waals surface area contributed by atoms with Gasteiger partial charge in [-0.3, -0.25) is 4.79 Å². The van der Waals surface area contributed by atoms with Gasteiger partial charge >= 0.3 is 0 Å². The molecule has 4 heteroatoms. The van der Waals surface area contributed by atoms with Crippen LogP contribution in [-0.4, -0.2) is 38.1 Å². The number of benzene rings is 1. The first-order chi connectivity index (χ1) is 8.71. The number of rotatable bonds is 7. The predicted octanol–water partition coefficient (Wildman–Crippen LogP) is 1.43. The van der Waals surface area contributed by atoms with Crippen LogP contribution in [0.1, 0.15) is 5.56 Å². The van der Waals surface area contributed by atoms with Crippen LogP contribution in [0.3, 0.4) is 0 Å². The molecule has 1 N–H and O–H groups in total. The van der Waals surface area contributed by atoms with Crippen molar-refractivity contribution < 1.29 is 9.53 Å². The summed E-state index contributed by atoms with van der Waals surface area (Å²) in [5.41, 5.74) is 1.07. The maximum atomic E-state index is 11.9. The molecule has 0 spiro atoms. The highest BCUT2D eigenvalue weighted by atomic mass is 16.5. The van der Waals surface area contributed by atoms with Crippen LogP contribution in [0.25, 0.3) is 0 Å². The summed E-state index contributed by atoms with van der Waals surface area (Å²) in [6, 6.07) is 7.71. The van der Waals surface area contributed by atoms with Crippen LogP contribution in [-0.2, 0) is 11.3 Å². The zero-order valence-corrected chi connectivity index (χ0v) is 11.0. The first-order valence-electron chi connectivity index (χ1n) is 5.87. The summed E-state index contributed by atoms with van der Waals surface area (Å²) in [6.07, 6.45) is 1.73. The van der Waals surface area contributed by atoms with E-state index < -0.39 is 0 Å². The molecule has 0 saturated carbocycles. The van der Waals surface area contributed by atoms with Gasteiger partial charge in [0.05, 0.1) is 13.7 Å². The van der Waals surface area contributed by atoms with Crippen molar-refractivity contribution in [3.8, 4) is 5.75 Å². The van der Waals surface area contributed by atoms with Crippen LogP contribution in [0.4, 0.5) is 0 Å². The van der Waals surface area contributed by atoms with Crippen LogP contribution in [0, 0.1) is 0 Å². The van der Waals surface area contributed by atoms with Crippen LogP contribution >= 0.6 is 0 Å². The molecule has 0 heterocycles. The van der Waals surface area contributed by atoms with Crippen molar-refractivity contribution in [3.05, 3.63) is 42.5 Å². The molecular formula is C14H20N2O2. The summed E-state index contributed by atoms with van der Waals surface area (Å²) in [6.45, 7) is 5.14. The quantitative estimate of drug-likeness (QED) is 0.742. The first-order valence-corrected chi connectivity index (χ1v) is 5.87. The molecule has 0 aliphatic carbocycles. The second-order valence-corrected chi connectivity index (χ2v) is 3.94. The summed E-state index contributed by atoms with van der Waals surface area (Å²) in [5.74, 6) is 0.879. The summed E-state index contributed by atoms with van der Waals surface area (Å²) < 4.78 is 5.10. The third-order valence-corrected chi connectivity index (χ3v) is 2.56. The fourth-order valence-corrected chi connectivity index (χ4v) is 1.62. The van der Waals surface area contributed by atoms with Gasteiger partial charge in [0.25, 0.3) is 0 Å². The Morgan fingerprint density at radius 1 is 1.44 bits per heavy atom. The molecule has 18 heavy (non-hydrogen) atoms. The number of nitrogens with zero attached hydrogens (tertiary/aromatic N) is 1. The molecular weight excluding hydrogens is 228 g/mol. The second kappa shape index (κ2) is 7.50. The minimum absolute atomic E-state index is 0.0632. The molecule has 1 aromatic rings. The van der Waals surface area contributed by atoms with E-state index in [0.29, 0.717) is 19.6 Å². The average Bonchev–Trinajstić information content (AvgIpc) is 2.39. The summed E-state index contributed by atoms with van der Waals surface area (Å²) in [4.78, 5) is 13.6. The van der Waals surface area contributed by atoms with Crippen molar-refractivity contribution in [2.75, 3.05) is 27.2 Å².